The van der Waals surface area contributed by atoms with Crippen LogP contribution in [0.15, 0.2) is 16.6 Å². The molecular formula is C14H20BrClFNO. The van der Waals surface area contributed by atoms with E-state index in [2.05, 4.69) is 28.2 Å². The molecule has 1 N–H and O–H groups in total. The highest BCUT2D eigenvalue weighted by molar-refractivity contribution is 9.10. The number of halogens is 3. The molecule has 2 atom stereocenters. The number of ether oxygens (including phenoxy) is 1. The second-order valence-corrected chi connectivity index (χ2v) is 5.61. The van der Waals surface area contributed by atoms with Crippen LogP contribution in [0, 0.1) is 5.82 Å². The van der Waals surface area contributed by atoms with Crippen LogP contribution in [0.4, 0.5) is 4.39 Å². The van der Waals surface area contributed by atoms with Crippen LogP contribution in [0.5, 0.6) is 0 Å². The van der Waals surface area contributed by atoms with Crippen molar-refractivity contribution in [2.75, 3.05) is 13.7 Å². The Morgan fingerprint density at radius 3 is 2.63 bits per heavy atom. The maximum atomic E-state index is 14.3. The molecule has 1 aromatic carbocycles. The molecule has 0 aliphatic heterocycles. The number of nitrogens with one attached hydrogen (secondary N) is 1. The highest BCUT2D eigenvalue weighted by Crippen LogP contribution is 2.32. The molecule has 108 valence electrons. The first-order valence-electron chi connectivity index (χ1n) is 6.46. The van der Waals surface area contributed by atoms with Gasteiger partial charge in [0.15, 0.2) is 0 Å². The van der Waals surface area contributed by atoms with E-state index in [1.807, 2.05) is 6.92 Å². The Labute approximate surface area is 127 Å². The van der Waals surface area contributed by atoms with Crippen molar-refractivity contribution in [3.8, 4) is 0 Å². The summed E-state index contributed by atoms with van der Waals surface area (Å²) in [4.78, 5) is 0. The summed E-state index contributed by atoms with van der Waals surface area (Å²) in [5.41, 5.74) is 0.551. The van der Waals surface area contributed by atoms with E-state index in [9.17, 15) is 4.39 Å². The first-order valence-corrected chi connectivity index (χ1v) is 7.63. The van der Waals surface area contributed by atoms with Gasteiger partial charge in [0.05, 0.1) is 17.2 Å². The molecule has 2 nitrogen and oxygen atoms in total. The lowest BCUT2D eigenvalue weighted by molar-refractivity contribution is 0.0639. The largest absolute Gasteiger partial charge is 0.379 e. The van der Waals surface area contributed by atoms with Crippen molar-refractivity contribution in [1.82, 2.24) is 5.32 Å². The summed E-state index contributed by atoms with van der Waals surface area (Å²) in [6.07, 6.45) is 1.69. The Bertz CT molecular complexity index is 413. The lowest BCUT2D eigenvalue weighted by atomic mass is 9.98. The highest BCUT2D eigenvalue weighted by atomic mass is 79.9. The minimum atomic E-state index is -0.389. The van der Waals surface area contributed by atoms with Crippen LogP contribution in [-0.4, -0.2) is 19.8 Å². The Morgan fingerprint density at radius 2 is 2.11 bits per heavy atom. The van der Waals surface area contributed by atoms with E-state index < -0.39 is 0 Å². The van der Waals surface area contributed by atoms with E-state index in [-0.39, 0.29) is 23.0 Å². The van der Waals surface area contributed by atoms with Gasteiger partial charge in [0.25, 0.3) is 0 Å². The number of hydrogen-bond acceptors (Lipinski definition) is 2. The maximum Gasteiger partial charge on any atom is 0.147 e. The van der Waals surface area contributed by atoms with Crippen LogP contribution >= 0.6 is 27.5 Å². The topological polar surface area (TPSA) is 21.3 Å². The molecular weight excluding hydrogens is 333 g/mol. The molecule has 0 heterocycles. The zero-order valence-corrected chi connectivity index (χ0v) is 13.8. The molecule has 0 aliphatic carbocycles. The molecule has 0 fully saturated rings. The molecule has 0 saturated heterocycles. The third-order valence-electron chi connectivity index (χ3n) is 3.09. The number of benzene rings is 1. The standard InChI is InChI=1S/C14H20BrClFNO/c1-4-8-18-14(11(5-2)19-3)9-6-7-10(15)12(16)13(9)17/h6-7,11,14,18H,4-5,8H2,1-3H3. The van der Waals surface area contributed by atoms with E-state index in [1.165, 1.54) is 0 Å². The predicted molar refractivity (Wildman–Crippen MR) is 81.2 cm³/mol. The molecule has 1 rings (SSSR count). The smallest absolute Gasteiger partial charge is 0.147 e. The summed E-state index contributed by atoms with van der Waals surface area (Å²) in [6, 6.07) is 3.32. The molecule has 0 aromatic heterocycles. The maximum absolute atomic E-state index is 14.3. The van der Waals surface area contributed by atoms with Gasteiger partial charge in [0.2, 0.25) is 0 Å². The van der Waals surface area contributed by atoms with Crippen molar-refractivity contribution < 1.29 is 9.13 Å². The van der Waals surface area contributed by atoms with Crippen LogP contribution in [-0.2, 0) is 4.74 Å². The Kier molecular flexibility index (Phi) is 7.29. The third-order valence-corrected chi connectivity index (χ3v) is 4.35. The first kappa shape index (κ1) is 16.9. The van der Waals surface area contributed by atoms with Crippen molar-refractivity contribution in [3.63, 3.8) is 0 Å². The molecule has 0 saturated carbocycles. The van der Waals surface area contributed by atoms with Gasteiger partial charge in [0.1, 0.15) is 5.82 Å². The predicted octanol–water partition coefficient (Wildman–Crippen LogP) is 4.71. The number of methoxy groups -OCH3 is 1. The van der Waals surface area contributed by atoms with Gasteiger partial charge in [-0.3, -0.25) is 0 Å². The SMILES string of the molecule is CCCNC(c1ccc(Br)c(Cl)c1F)C(CC)OC. The average molecular weight is 353 g/mol. The lowest BCUT2D eigenvalue weighted by Gasteiger charge is -2.27. The summed E-state index contributed by atoms with van der Waals surface area (Å²) in [6.45, 7) is 4.90. The normalized spacial score (nSPS) is 14.4. The van der Waals surface area contributed by atoms with Crippen LogP contribution in [0.25, 0.3) is 0 Å². The van der Waals surface area contributed by atoms with E-state index in [4.69, 9.17) is 16.3 Å². The van der Waals surface area contributed by atoms with E-state index >= 15 is 0 Å². The van der Waals surface area contributed by atoms with Crippen LogP contribution in [0.1, 0.15) is 38.3 Å². The van der Waals surface area contributed by atoms with Gasteiger partial charge in [-0.1, -0.05) is 31.5 Å². The highest BCUT2D eigenvalue weighted by Gasteiger charge is 2.25. The molecule has 0 amide bonds. The minimum absolute atomic E-state index is 0.0849. The molecule has 1 aromatic rings. The van der Waals surface area contributed by atoms with Gasteiger partial charge in [-0.05, 0) is 41.4 Å². The fourth-order valence-corrected chi connectivity index (χ4v) is 2.54. The lowest BCUT2D eigenvalue weighted by Crippen LogP contribution is -2.34. The second kappa shape index (κ2) is 8.20. The molecule has 0 radical (unpaired) electrons. The van der Waals surface area contributed by atoms with Gasteiger partial charge in [-0.15, -0.1) is 0 Å². The van der Waals surface area contributed by atoms with E-state index in [0.29, 0.717) is 10.0 Å². The van der Waals surface area contributed by atoms with Gasteiger partial charge in [-0.2, -0.15) is 0 Å². The summed E-state index contributed by atoms with van der Waals surface area (Å²) in [5.74, 6) is -0.389. The summed E-state index contributed by atoms with van der Waals surface area (Å²) in [7, 11) is 1.65. The van der Waals surface area contributed by atoms with Gasteiger partial charge < -0.3 is 10.1 Å². The zero-order valence-electron chi connectivity index (χ0n) is 11.5. The Hall–Kier alpha value is -0.160. The zero-order chi connectivity index (χ0) is 14.4. The Balaban J connectivity index is 3.13. The van der Waals surface area contributed by atoms with Crippen LogP contribution in [0.3, 0.4) is 0 Å². The van der Waals surface area contributed by atoms with Crippen LogP contribution < -0.4 is 5.32 Å². The molecule has 0 bridgehead atoms. The molecule has 19 heavy (non-hydrogen) atoms. The van der Waals surface area contributed by atoms with Crippen molar-refractivity contribution in [3.05, 3.63) is 33.0 Å². The van der Waals surface area contributed by atoms with Gasteiger partial charge in [-0.25, -0.2) is 4.39 Å². The summed E-state index contributed by atoms with van der Waals surface area (Å²) in [5, 5.41) is 3.45. The first-order chi connectivity index (χ1) is 9.06. The van der Waals surface area contributed by atoms with E-state index in [1.54, 1.807) is 19.2 Å². The van der Waals surface area contributed by atoms with Crippen molar-refractivity contribution >= 4 is 27.5 Å². The monoisotopic (exact) mass is 351 g/mol. The van der Waals surface area contributed by atoms with Gasteiger partial charge >= 0.3 is 0 Å². The molecule has 0 aliphatic rings. The molecule has 5 heteroatoms. The fraction of sp³-hybridized carbons (Fsp3) is 0.571. The summed E-state index contributed by atoms with van der Waals surface area (Å²) >= 11 is 9.19. The average Bonchev–Trinajstić information content (AvgIpc) is 2.42. The Morgan fingerprint density at radius 1 is 1.42 bits per heavy atom. The van der Waals surface area contributed by atoms with Crippen LogP contribution in [0.2, 0.25) is 5.02 Å². The van der Waals surface area contributed by atoms with E-state index in [0.717, 1.165) is 19.4 Å². The van der Waals surface area contributed by atoms with Gasteiger partial charge in [0, 0.05) is 17.1 Å². The molecule has 2 unspecified atom stereocenters. The second-order valence-electron chi connectivity index (χ2n) is 4.38. The minimum Gasteiger partial charge on any atom is -0.379 e. The summed E-state index contributed by atoms with van der Waals surface area (Å²) < 4.78 is 20.3. The van der Waals surface area contributed by atoms with Crippen molar-refractivity contribution in [1.29, 1.82) is 0 Å². The quantitative estimate of drug-likeness (QED) is 0.718. The molecule has 0 spiro atoms. The third kappa shape index (κ3) is 4.15. The van der Waals surface area contributed by atoms with Crippen molar-refractivity contribution in [2.24, 2.45) is 0 Å². The fourth-order valence-electron chi connectivity index (χ4n) is 2.06. The number of hydrogen-bond donors (Lipinski definition) is 1. The van der Waals surface area contributed by atoms with Crippen molar-refractivity contribution in [2.45, 2.75) is 38.8 Å². The number of rotatable bonds is 7.